The van der Waals surface area contributed by atoms with Gasteiger partial charge in [0.05, 0.1) is 6.54 Å². The zero-order valence-corrected chi connectivity index (χ0v) is 16.0. The third kappa shape index (κ3) is 17.9. The second-order valence-electron chi connectivity index (χ2n) is 5.66. The quantitative estimate of drug-likeness (QED) is 0.230. The highest BCUT2D eigenvalue weighted by Gasteiger charge is 2.08. The van der Waals surface area contributed by atoms with E-state index in [1.807, 2.05) is 0 Å². The summed E-state index contributed by atoms with van der Waals surface area (Å²) in [6.45, 7) is 2.33. The predicted molar refractivity (Wildman–Crippen MR) is 91.9 cm³/mol. The average Bonchev–Trinajstić information content (AvgIpc) is 2.45. The summed E-state index contributed by atoms with van der Waals surface area (Å²) in [4.78, 5) is 22.4. The Morgan fingerprint density at radius 2 is 1.23 bits per heavy atom. The van der Waals surface area contributed by atoms with Gasteiger partial charge < -0.3 is 10.1 Å². The van der Waals surface area contributed by atoms with Gasteiger partial charge in [0.15, 0.2) is 0 Å². The van der Waals surface area contributed by atoms with Crippen molar-refractivity contribution in [3.8, 4) is 0 Å². The molecule has 0 spiro atoms. The van der Waals surface area contributed by atoms with Crippen molar-refractivity contribution in [3.05, 3.63) is 0 Å². The fourth-order valence-corrected chi connectivity index (χ4v) is 2.29. The summed E-state index contributed by atoms with van der Waals surface area (Å²) in [5.41, 5.74) is 0. The van der Waals surface area contributed by atoms with E-state index in [4.69, 9.17) is 0 Å². The predicted octanol–water partition coefficient (Wildman–Crippen LogP) is 3.60. The molecule has 0 amide bonds. The van der Waals surface area contributed by atoms with Gasteiger partial charge in [-0.2, -0.15) is 0 Å². The number of ether oxygens (including phenoxy) is 1. The van der Waals surface area contributed by atoms with E-state index in [0.717, 1.165) is 12.8 Å². The third-order valence-corrected chi connectivity index (χ3v) is 3.53. The minimum Gasteiger partial charge on any atom is -0.392 e. The molecule has 126 valence electrons. The maximum absolute atomic E-state index is 11.3. The summed E-state index contributed by atoms with van der Waals surface area (Å²) in [5, 5.41) is 2.66. The Morgan fingerprint density at radius 3 is 1.68 bits per heavy atom. The molecule has 0 bridgehead atoms. The molecule has 1 N–H and O–H groups in total. The Balaban J connectivity index is 0. The van der Waals surface area contributed by atoms with Crippen molar-refractivity contribution >= 4 is 35.0 Å². The Bertz CT molecular complexity index is 273. The van der Waals surface area contributed by atoms with E-state index in [0.29, 0.717) is 6.42 Å². The molecule has 0 saturated heterocycles. The van der Waals surface area contributed by atoms with Crippen LogP contribution in [-0.2, 0) is 14.3 Å². The molecular weight excluding hydrogens is 290 g/mol. The van der Waals surface area contributed by atoms with Gasteiger partial charge >= 0.3 is 11.9 Å². The molecular formula is C17H33MgNO3. The van der Waals surface area contributed by atoms with Crippen LogP contribution in [0, 0.1) is 0 Å². The van der Waals surface area contributed by atoms with Crippen LogP contribution in [-0.4, -0.2) is 48.6 Å². The topological polar surface area (TPSA) is 55.4 Å². The number of nitrogens with one attached hydrogen (secondary N) is 1. The van der Waals surface area contributed by atoms with Crippen LogP contribution in [0.4, 0.5) is 0 Å². The molecule has 0 aromatic heterocycles. The van der Waals surface area contributed by atoms with Crippen molar-refractivity contribution in [3.63, 3.8) is 0 Å². The number of carbonyl (C=O) groups excluding carboxylic acids is 2. The van der Waals surface area contributed by atoms with Crippen molar-refractivity contribution < 1.29 is 14.3 Å². The fraction of sp³-hybridized carbons (Fsp3) is 0.882. The van der Waals surface area contributed by atoms with E-state index in [2.05, 4.69) is 17.0 Å². The normalized spacial score (nSPS) is 10.1. The third-order valence-electron chi connectivity index (χ3n) is 3.53. The van der Waals surface area contributed by atoms with Gasteiger partial charge in [0, 0.05) is 29.5 Å². The molecule has 5 heteroatoms. The van der Waals surface area contributed by atoms with Crippen molar-refractivity contribution in [2.75, 3.05) is 13.6 Å². The van der Waals surface area contributed by atoms with Crippen molar-refractivity contribution in [1.82, 2.24) is 5.32 Å². The van der Waals surface area contributed by atoms with Crippen molar-refractivity contribution in [2.24, 2.45) is 0 Å². The number of hydrogen-bond acceptors (Lipinski definition) is 4. The van der Waals surface area contributed by atoms with Crippen LogP contribution in [0.3, 0.4) is 0 Å². The number of hydrogen-bond donors (Lipinski definition) is 1. The molecule has 0 saturated carbocycles. The average molecular weight is 324 g/mol. The van der Waals surface area contributed by atoms with Crippen LogP contribution < -0.4 is 5.32 Å². The van der Waals surface area contributed by atoms with Gasteiger partial charge in [-0.25, -0.2) is 0 Å². The van der Waals surface area contributed by atoms with Crippen LogP contribution in [0.2, 0.25) is 0 Å². The van der Waals surface area contributed by atoms with Gasteiger partial charge in [-0.3, -0.25) is 9.59 Å². The van der Waals surface area contributed by atoms with Gasteiger partial charge in [-0.05, 0) is 13.5 Å². The van der Waals surface area contributed by atoms with Crippen molar-refractivity contribution in [1.29, 1.82) is 0 Å². The standard InChI is InChI=1S/C17H33NO3.Mg/c1-3-4-5-6-7-8-9-10-11-12-13-14-16(19)21-17(20)15-18-2;/h18H,3-15H2,1-2H3;. The number of rotatable bonds is 14. The molecule has 0 aromatic carbocycles. The zero-order chi connectivity index (χ0) is 15.8. The fourth-order valence-electron chi connectivity index (χ4n) is 2.29. The number of unbranched alkanes of at least 4 members (excludes halogenated alkanes) is 10. The van der Waals surface area contributed by atoms with Crippen molar-refractivity contribution in [2.45, 2.75) is 84.0 Å². The summed E-state index contributed by atoms with van der Waals surface area (Å²) >= 11 is 0. The molecule has 0 unspecified atom stereocenters. The minimum atomic E-state index is -0.495. The molecule has 2 radical (unpaired) electrons. The van der Waals surface area contributed by atoms with E-state index in [9.17, 15) is 9.59 Å². The molecule has 0 fully saturated rings. The summed E-state index contributed by atoms with van der Waals surface area (Å²) in [6.07, 6.45) is 14.1. The second kappa shape index (κ2) is 18.9. The first kappa shape index (κ1) is 24.1. The number of likely N-dealkylation sites (N-methyl/N-ethyl adjacent to an activating group) is 1. The van der Waals surface area contributed by atoms with Crippen LogP contribution in [0.5, 0.6) is 0 Å². The van der Waals surface area contributed by atoms with Crippen LogP contribution in [0.15, 0.2) is 0 Å². The summed E-state index contributed by atoms with van der Waals surface area (Å²) in [6, 6.07) is 0. The molecule has 22 heavy (non-hydrogen) atoms. The van der Waals surface area contributed by atoms with Crippen LogP contribution in [0.25, 0.3) is 0 Å². The first-order valence-corrected chi connectivity index (χ1v) is 8.58. The highest BCUT2D eigenvalue weighted by atomic mass is 24.3. The monoisotopic (exact) mass is 323 g/mol. The smallest absolute Gasteiger partial charge is 0.327 e. The van der Waals surface area contributed by atoms with Gasteiger partial charge in [0.2, 0.25) is 0 Å². The lowest BCUT2D eigenvalue weighted by Gasteiger charge is -2.03. The number of esters is 2. The number of carbonyl (C=O) groups is 2. The lowest BCUT2D eigenvalue weighted by molar-refractivity contribution is -0.158. The molecule has 0 heterocycles. The Morgan fingerprint density at radius 1 is 0.773 bits per heavy atom. The van der Waals surface area contributed by atoms with Crippen LogP contribution >= 0.6 is 0 Å². The molecule has 0 atom stereocenters. The van der Waals surface area contributed by atoms with E-state index >= 15 is 0 Å². The first-order chi connectivity index (χ1) is 10.2. The highest BCUT2D eigenvalue weighted by molar-refractivity contribution is 5.86. The van der Waals surface area contributed by atoms with E-state index in [-0.39, 0.29) is 29.6 Å². The maximum Gasteiger partial charge on any atom is 0.327 e. The van der Waals surface area contributed by atoms with Gasteiger partial charge in [0.1, 0.15) is 0 Å². The molecule has 0 aliphatic heterocycles. The highest BCUT2D eigenvalue weighted by Crippen LogP contribution is 2.12. The minimum absolute atomic E-state index is 0. The maximum atomic E-state index is 11.3. The molecule has 0 aliphatic rings. The van der Waals surface area contributed by atoms with Gasteiger partial charge in [0.25, 0.3) is 0 Å². The summed E-state index contributed by atoms with van der Waals surface area (Å²) in [7, 11) is 1.65. The van der Waals surface area contributed by atoms with E-state index in [1.165, 1.54) is 57.8 Å². The van der Waals surface area contributed by atoms with Gasteiger partial charge in [-0.15, -0.1) is 0 Å². The Labute approximate surface area is 152 Å². The lowest BCUT2D eigenvalue weighted by atomic mass is 10.1. The first-order valence-electron chi connectivity index (χ1n) is 8.58. The summed E-state index contributed by atoms with van der Waals surface area (Å²) < 4.78 is 4.64. The Kier molecular flexibility index (Phi) is 20.7. The largest absolute Gasteiger partial charge is 0.392 e. The molecule has 4 nitrogen and oxygen atoms in total. The zero-order valence-electron chi connectivity index (χ0n) is 14.6. The summed E-state index contributed by atoms with van der Waals surface area (Å²) in [5.74, 6) is -0.892. The van der Waals surface area contributed by atoms with E-state index < -0.39 is 11.9 Å². The van der Waals surface area contributed by atoms with E-state index in [1.54, 1.807) is 7.05 Å². The van der Waals surface area contributed by atoms with Gasteiger partial charge in [-0.1, -0.05) is 71.1 Å². The SMILES string of the molecule is CCCCCCCCCCCCCC(=O)OC(=O)CNC.[Mg]. The Hall–Kier alpha value is -0.134. The van der Waals surface area contributed by atoms with Crippen LogP contribution in [0.1, 0.15) is 84.0 Å². The lowest BCUT2D eigenvalue weighted by Crippen LogP contribution is -2.23. The molecule has 0 aliphatic carbocycles. The second-order valence-corrected chi connectivity index (χ2v) is 5.66. The molecule has 0 rings (SSSR count). The molecule has 0 aromatic rings.